The predicted molar refractivity (Wildman–Crippen MR) is 95.0 cm³/mol. The monoisotopic (exact) mass is 380 g/mol. The highest BCUT2D eigenvalue weighted by molar-refractivity contribution is 6.30. The Bertz CT molecular complexity index is 689. The lowest BCUT2D eigenvalue weighted by Gasteiger charge is -2.33. The topological polar surface area (TPSA) is 34.0 Å². The summed E-state index contributed by atoms with van der Waals surface area (Å²) in [6.45, 7) is 3.10. The summed E-state index contributed by atoms with van der Waals surface area (Å²) < 4.78 is 5.45. The van der Waals surface area contributed by atoms with E-state index in [1.54, 1.807) is 7.11 Å². The highest BCUT2D eigenvalue weighted by Gasteiger charge is 2.30. The molecule has 0 radical (unpaired) electrons. The van der Waals surface area contributed by atoms with Crippen molar-refractivity contribution in [2.45, 2.75) is 5.38 Å². The van der Waals surface area contributed by atoms with Crippen LogP contribution >= 0.6 is 11.6 Å². The molecule has 0 aromatic heterocycles. The third-order valence-electron chi connectivity index (χ3n) is 4.48. The number of para-hydroxylation sites is 2. The van der Waals surface area contributed by atoms with Gasteiger partial charge in [-0.15, -0.1) is 11.6 Å². The zero-order valence-electron chi connectivity index (χ0n) is 14.1. The number of hydrogen-bond donors (Lipinski definition) is 1. The Hall–Kier alpha value is -1.75. The maximum absolute atomic E-state index is 12.6. The molecule has 1 heterocycles. The molecule has 6 heteroatoms. The minimum absolute atomic E-state index is 0. The second-order valence-corrected chi connectivity index (χ2v) is 6.34. The van der Waals surface area contributed by atoms with Crippen LogP contribution in [0.1, 0.15) is 10.9 Å². The number of alkyl halides is 1. The van der Waals surface area contributed by atoms with Gasteiger partial charge in [0.1, 0.15) is 5.38 Å². The van der Waals surface area contributed by atoms with Crippen LogP contribution in [0.5, 0.6) is 5.75 Å². The number of amides is 1. The van der Waals surface area contributed by atoms with E-state index < -0.39 is 5.38 Å². The molecule has 2 aromatic rings. The van der Waals surface area contributed by atoms with Crippen molar-refractivity contribution in [3.63, 3.8) is 0 Å². The van der Waals surface area contributed by atoms with E-state index >= 15 is 0 Å². The summed E-state index contributed by atoms with van der Waals surface area (Å²) >= 11 is 6.37. The number of hydrogen-bond acceptors (Lipinski definition) is 2. The van der Waals surface area contributed by atoms with Crippen LogP contribution in [0.2, 0.25) is 0 Å². The molecule has 1 unspecified atom stereocenters. The minimum atomic E-state index is -0.612. The number of nitrogens with zero attached hydrogens (tertiary/aromatic N) is 1. The van der Waals surface area contributed by atoms with Gasteiger partial charge in [-0.05, 0) is 11.6 Å². The Labute approximate surface area is 159 Å². The third-order valence-corrected chi connectivity index (χ3v) is 4.91. The summed E-state index contributed by atoms with van der Waals surface area (Å²) in [5.41, 5.74) is 2.00. The van der Waals surface area contributed by atoms with Gasteiger partial charge in [0.25, 0.3) is 0 Å². The van der Waals surface area contributed by atoms with Crippen molar-refractivity contribution in [2.24, 2.45) is 0 Å². The van der Waals surface area contributed by atoms with Gasteiger partial charge in [-0.3, -0.25) is 9.69 Å². The van der Waals surface area contributed by atoms with E-state index in [-0.39, 0.29) is 18.3 Å². The first-order valence-electron chi connectivity index (χ1n) is 8.16. The molecule has 0 saturated carbocycles. The second-order valence-electron chi connectivity index (χ2n) is 5.90. The van der Waals surface area contributed by atoms with Gasteiger partial charge in [-0.1, -0.05) is 42.5 Å². The number of methoxy groups -OCH3 is 1. The number of halogens is 2. The molecule has 3 rings (SSSR count). The molecule has 25 heavy (non-hydrogen) atoms. The fourth-order valence-electron chi connectivity index (χ4n) is 3.13. The van der Waals surface area contributed by atoms with E-state index in [2.05, 4.69) is 6.07 Å². The van der Waals surface area contributed by atoms with Crippen molar-refractivity contribution in [3.8, 4) is 5.75 Å². The van der Waals surface area contributed by atoms with Gasteiger partial charge in [-0.2, -0.15) is 0 Å². The van der Waals surface area contributed by atoms with E-state index in [1.165, 1.54) is 4.90 Å². The van der Waals surface area contributed by atoms with Gasteiger partial charge in [0.05, 0.1) is 33.3 Å². The van der Waals surface area contributed by atoms with Gasteiger partial charge in [0.15, 0.2) is 11.4 Å². The van der Waals surface area contributed by atoms with Crippen LogP contribution in [0.25, 0.3) is 0 Å². The average molecular weight is 381 g/mol. The molecule has 1 N–H and O–H groups in total. The second kappa shape index (κ2) is 9.09. The summed E-state index contributed by atoms with van der Waals surface area (Å²) in [5, 5.41) is -0.612. The quantitative estimate of drug-likeness (QED) is 0.693. The molecule has 1 saturated heterocycles. The Morgan fingerprint density at radius 1 is 1.08 bits per heavy atom. The van der Waals surface area contributed by atoms with Crippen LogP contribution in [0.4, 0.5) is 5.69 Å². The van der Waals surface area contributed by atoms with E-state index in [1.807, 2.05) is 53.4 Å². The molecular formula is C19H22Cl2N2O2. The van der Waals surface area contributed by atoms with Crippen molar-refractivity contribution < 1.29 is 26.8 Å². The van der Waals surface area contributed by atoms with Crippen LogP contribution in [0.3, 0.4) is 0 Å². The van der Waals surface area contributed by atoms with Crippen LogP contribution in [0.15, 0.2) is 54.6 Å². The molecule has 1 atom stereocenters. The average Bonchev–Trinajstić information content (AvgIpc) is 2.67. The zero-order chi connectivity index (χ0) is 16.9. The first-order valence-corrected chi connectivity index (χ1v) is 8.60. The summed E-state index contributed by atoms with van der Waals surface area (Å²) in [7, 11) is 1.69. The summed E-state index contributed by atoms with van der Waals surface area (Å²) in [6, 6.07) is 17.6. The Kier molecular flexibility index (Phi) is 7.12. The van der Waals surface area contributed by atoms with E-state index in [9.17, 15) is 4.79 Å². The maximum Gasteiger partial charge on any atom is 0.245 e. The SMILES string of the molecule is COc1ccccc1[NH+]1CCN(C(=O)C(Cl)c2ccccc2)CC1.[Cl-]. The molecule has 1 aliphatic rings. The Morgan fingerprint density at radius 2 is 1.68 bits per heavy atom. The number of piperazine rings is 1. The van der Waals surface area contributed by atoms with Gasteiger partial charge in [-0.25, -0.2) is 0 Å². The van der Waals surface area contributed by atoms with Crippen LogP contribution in [0, 0.1) is 0 Å². The zero-order valence-corrected chi connectivity index (χ0v) is 15.6. The number of ether oxygens (including phenoxy) is 1. The fraction of sp³-hybridized carbons (Fsp3) is 0.316. The van der Waals surface area contributed by atoms with E-state index in [0.29, 0.717) is 13.1 Å². The Morgan fingerprint density at radius 3 is 2.32 bits per heavy atom. The highest BCUT2D eigenvalue weighted by Crippen LogP contribution is 2.23. The van der Waals surface area contributed by atoms with Gasteiger partial charge >= 0.3 is 0 Å². The molecular weight excluding hydrogens is 359 g/mol. The third kappa shape index (κ3) is 4.46. The van der Waals surface area contributed by atoms with Crippen molar-refractivity contribution in [1.29, 1.82) is 0 Å². The van der Waals surface area contributed by atoms with Gasteiger partial charge in [0.2, 0.25) is 5.91 Å². The first kappa shape index (κ1) is 19.6. The van der Waals surface area contributed by atoms with Crippen molar-refractivity contribution in [3.05, 3.63) is 60.2 Å². The normalized spacial score (nSPS) is 16.0. The number of nitrogens with one attached hydrogen (secondary N) is 1. The lowest BCUT2D eigenvalue weighted by molar-refractivity contribution is -0.837. The van der Waals surface area contributed by atoms with Gasteiger partial charge in [0, 0.05) is 6.07 Å². The number of quaternary nitrogens is 1. The van der Waals surface area contributed by atoms with E-state index in [4.69, 9.17) is 16.3 Å². The van der Waals surface area contributed by atoms with Crippen molar-refractivity contribution >= 4 is 23.2 Å². The number of carbonyl (C=O) groups excluding carboxylic acids is 1. The Balaban J connectivity index is 0.00000225. The molecule has 0 bridgehead atoms. The van der Waals surface area contributed by atoms with Crippen LogP contribution in [-0.4, -0.2) is 44.1 Å². The molecule has 0 aliphatic carbocycles. The molecule has 1 fully saturated rings. The maximum atomic E-state index is 12.6. The summed E-state index contributed by atoms with van der Waals surface area (Å²) in [6.07, 6.45) is 0. The largest absolute Gasteiger partial charge is 1.00 e. The lowest BCUT2D eigenvalue weighted by Crippen LogP contribution is -3.10. The molecule has 4 nitrogen and oxygen atoms in total. The van der Waals surface area contributed by atoms with Crippen molar-refractivity contribution in [2.75, 3.05) is 33.3 Å². The van der Waals surface area contributed by atoms with E-state index in [0.717, 1.165) is 30.1 Å². The lowest BCUT2D eigenvalue weighted by atomic mass is 10.1. The number of benzene rings is 2. The number of rotatable bonds is 4. The van der Waals surface area contributed by atoms with Gasteiger partial charge < -0.3 is 22.0 Å². The molecule has 0 spiro atoms. The van der Waals surface area contributed by atoms with Crippen molar-refractivity contribution in [1.82, 2.24) is 4.90 Å². The molecule has 2 aromatic carbocycles. The molecule has 1 amide bonds. The standard InChI is InChI=1S/C19H21ClN2O2.ClH/c1-24-17-10-6-5-9-16(17)21-11-13-22(14-12-21)19(23)18(20)15-7-3-2-4-8-15;/h2-10,18H,11-14H2,1H3;1H. The smallest absolute Gasteiger partial charge is 0.245 e. The van der Waals surface area contributed by atoms with Crippen LogP contribution in [-0.2, 0) is 4.79 Å². The molecule has 134 valence electrons. The number of carbonyl (C=O) groups is 1. The van der Waals surface area contributed by atoms with Crippen LogP contribution < -0.4 is 22.0 Å². The molecule has 1 aliphatic heterocycles. The first-order chi connectivity index (χ1) is 11.7. The minimum Gasteiger partial charge on any atom is -1.00 e. The summed E-state index contributed by atoms with van der Waals surface area (Å²) in [4.78, 5) is 15.8. The predicted octanol–water partition coefficient (Wildman–Crippen LogP) is -0.962. The fourth-order valence-corrected chi connectivity index (χ4v) is 3.41. The summed E-state index contributed by atoms with van der Waals surface area (Å²) in [5.74, 6) is 0.883. The highest BCUT2D eigenvalue weighted by atomic mass is 35.5.